The minimum Gasteiger partial charge on any atom is -0.394 e. The Bertz CT molecular complexity index is 213. The van der Waals surface area contributed by atoms with Crippen LogP contribution in [0.1, 0.15) is 0 Å². The topological polar surface area (TPSA) is 70.3 Å². The molecule has 0 radical (unpaired) electrons. The largest absolute Gasteiger partial charge is 0.394 e. The molecule has 0 saturated heterocycles. The lowest BCUT2D eigenvalue weighted by Crippen LogP contribution is -2.31. The monoisotopic (exact) mass is 185 g/mol. The predicted octanol–water partition coefficient (Wildman–Crippen LogP) is -1.17. The van der Waals surface area contributed by atoms with Crippen molar-refractivity contribution in [2.45, 2.75) is 12.6 Å². The smallest absolute Gasteiger partial charge is 0.0946 e. The third-order valence-electron chi connectivity index (χ3n) is 1.70. The minimum absolute atomic E-state index is 0.196. The van der Waals surface area contributed by atoms with E-state index < -0.39 is 6.10 Å². The Morgan fingerprint density at radius 3 is 3.00 bits per heavy atom. The van der Waals surface area contributed by atoms with E-state index in [-0.39, 0.29) is 6.61 Å². The van der Waals surface area contributed by atoms with Crippen LogP contribution in [0.25, 0.3) is 0 Å². The van der Waals surface area contributed by atoms with Crippen LogP contribution in [0.3, 0.4) is 0 Å². The van der Waals surface area contributed by atoms with E-state index in [9.17, 15) is 0 Å². The molecule has 1 rings (SSSR count). The number of hydrogen-bond acceptors (Lipinski definition) is 4. The number of aliphatic hydroxyl groups is 2. The Balaban J connectivity index is 2.02. The molecule has 0 aliphatic heterocycles. The van der Waals surface area contributed by atoms with Crippen LogP contribution in [0.15, 0.2) is 18.7 Å². The van der Waals surface area contributed by atoms with Crippen molar-refractivity contribution in [2.24, 2.45) is 0 Å². The zero-order valence-electron chi connectivity index (χ0n) is 7.43. The number of nitrogens with one attached hydrogen (secondary N) is 1. The van der Waals surface area contributed by atoms with Crippen molar-refractivity contribution < 1.29 is 10.2 Å². The molecule has 13 heavy (non-hydrogen) atoms. The van der Waals surface area contributed by atoms with E-state index in [1.807, 2.05) is 10.8 Å². The lowest BCUT2D eigenvalue weighted by atomic mass is 10.4. The maximum Gasteiger partial charge on any atom is 0.0946 e. The summed E-state index contributed by atoms with van der Waals surface area (Å²) < 4.78 is 1.94. The quantitative estimate of drug-likeness (QED) is 0.488. The Morgan fingerprint density at radius 2 is 2.38 bits per heavy atom. The van der Waals surface area contributed by atoms with Crippen molar-refractivity contribution in [1.29, 1.82) is 0 Å². The van der Waals surface area contributed by atoms with E-state index in [2.05, 4.69) is 10.3 Å². The summed E-state index contributed by atoms with van der Waals surface area (Å²) >= 11 is 0. The number of imidazole rings is 1. The van der Waals surface area contributed by atoms with Gasteiger partial charge in [0.25, 0.3) is 0 Å². The fraction of sp³-hybridized carbons (Fsp3) is 0.625. The molecule has 0 amide bonds. The van der Waals surface area contributed by atoms with Crippen LogP contribution in [-0.4, -0.2) is 45.6 Å². The summed E-state index contributed by atoms with van der Waals surface area (Å²) in [6.07, 6.45) is 4.68. The molecular weight excluding hydrogens is 170 g/mol. The van der Waals surface area contributed by atoms with Crippen LogP contribution < -0.4 is 5.32 Å². The molecule has 0 aliphatic rings. The Morgan fingerprint density at radius 1 is 1.54 bits per heavy atom. The minimum atomic E-state index is -0.664. The second kappa shape index (κ2) is 5.69. The van der Waals surface area contributed by atoms with Gasteiger partial charge in [0, 0.05) is 32.0 Å². The second-order valence-corrected chi connectivity index (χ2v) is 2.84. The normalized spacial score (nSPS) is 13.1. The first-order valence-electron chi connectivity index (χ1n) is 4.28. The van der Waals surface area contributed by atoms with Gasteiger partial charge in [0.15, 0.2) is 0 Å². The second-order valence-electron chi connectivity index (χ2n) is 2.84. The van der Waals surface area contributed by atoms with Crippen LogP contribution in [0, 0.1) is 0 Å². The zero-order valence-corrected chi connectivity index (χ0v) is 7.43. The van der Waals surface area contributed by atoms with E-state index >= 15 is 0 Å². The van der Waals surface area contributed by atoms with Crippen LogP contribution in [0.4, 0.5) is 0 Å². The van der Waals surface area contributed by atoms with Gasteiger partial charge >= 0.3 is 0 Å². The molecule has 0 aromatic carbocycles. The van der Waals surface area contributed by atoms with Gasteiger partial charge in [-0.05, 0) is 0 Å². The van der Waals surface area contributed by atoms with Crippen molar-refractivity contribution >= 4 is 0 Å². The van der Waals surface area contributed by atoms with E-state index in [1.54, 1.807) is 12.5 Å². The standard InChI is InChI=1S/C8H15N3O2/c12-6-8(13)5-9-1-3-11-4-2-10-7-11/h2,4,7-9,12-13H,1,3,5-6H2. The molecular formula is C8H15N3O2. The summed E-state index contributed by atoms with van der Waals surface area (Å²) in [6, 6.07) is 0. The van der Waals surface area contributed by atoms with Crippen LogP contribution >= 0.6 is 0 Å². The van der Waals surface area contributed by atoms with Gasteiger partial charge < -0.3 is 20.1 Å². The van der Waals surface area contributed by atoms with E-state index in [4.69, 9.17) is 10.2 Å². The van der Waals surface area contributed by atoms with Gasteiger partial charge in [-0.2, -0.15) is 0 Å². The number of aromatic nitrogens is 2. The summed E-state index contributed by atoms with van der Waals surface area (Å²) in [5.74, 6) is 0. The highest BCUT2D eigenvalue weighted by atomic mass is 16.3. The maximum atomic E-state index is 8.98. The molecule has 0 saturated carbocycles. The molecule has 1 aromatic heterocycles. The van der Waals surface area contributed by atoms with Crippen LogP contribution in [0.2, 0.25) is 0 Å². The molecule has 1 aromatic rings. The van der Waals surface area contributed by atoms with E-state index in [0.717, 1.165) is 13.1 Å². The average molecular weight is 185 g/mol. The molecule has 0 bridgehead atoms. The third kappa shape index (κ3) is 4.02. The van der Waals surface area contributed by atoms with Gasteiger partial charge in [0.05, 0.1) is 19.0 Å². The number of aliphatic hydroxyl groups excluding tert-OH is 2. The van der Waals surface area contributed by atoms with Crippen molar-refractivity contribution in [3.63, 3.8) is 0 Å². The molecule has 1 heterocycles. The van der Waals surface area contributed by atoms with Gasteiger partial charge in [0.2, 0.25) is 0 Å². The number of nitrogens with zero attached hydrogens (tertiary/aromatic N) is 2. The van der Waals surface area contributed by atoms with Crippen LogP contribution in [-0.2, 0) is 6.54 Å². The summed E-state index contributed by atoms with van der Waals surface area (Å²) in [4.78, 5) is 3.90. The van der Waals surface area contributed by atoms with E-state index in [0.29, 0.717) is 6.54 Å². The maximum absolute atomic E-state index is 8.98. The highest BCUT2D eigenvalue weighted by Gasteiger charge is 1.99. The molecule has 1 unspecified atom stereocenters. The molecule has 74 valence electrons. The van der Waals surface area contributed by atoms with Gasteiger partial charge in [0.1, 0.15) is 0 Å². The van der Waals surface area contributed by atoms with E-state index in [1.165, 1.54) is 0 Å². The summed E-state index contributed by atoms with van der Waals surface area (Å²) in [5.41, 5.74) is 0. The molecule has 0 aliphatic carbocycles. The molecule has 3 N–H and O–H groups in total. The Labute approximate surface area is 77.0 Å². The highest BCUT2D eigenvalue weighted by Crippen LogP contribution is 1.84. The fourth-order valence-corrected chi connectivity index (χ4v) is 0.960. The highest BCUT2D eigenvalue weighted by molar-refractivity contribution is 4.74. The average Bonchev–Trinajstić information content (AvgIpc) is 2.64. The molecule has 0 spiro atoms. The molecule has 0 fully saturated rings. The first-order chi connectivity index (χ1) is 6.33. The van der Waals surface area contributed by atoms with Gasteiger partial charge in [-0.1, -0.05) is 0 Å². The van der Waals surface area contributed by atoms with Gasteiger partial charge in [-0.15, -0.1) is 0 Å². The van der Waals surface area contributed by atoms with Crippen molar-refractivity contribution in [3.05, 3.63) is 18.7 Å². The Kier molecular flexibility index (Phi) is 4.45. The van der Waals surface area contributed by atoms with Crippen molar-refractivity contribution in [2.75, 3.05) is 19.7 Å². The first kappa shape index (κ1) is 10.2. The first-order valence-corrected chi connectivity index (χ1v) is 4.28. The number of hydrogen-bond donors (Lipinski definition) is 3. The predicted molar refractivity (Wildman–Crippen MR) is 48.2 cm³/mol. The number of rotatable bonds is 6. The lowest BCUT2D eigenvalue weighted by Gasteiger charge is -2.08. The third-order valence-corrected chi connectivity index (χ3v) is 1.70. The zero-order chi connectivity index (χ0) is 9.52. The van der Waals surface area contributed by atoms with Crippen molar-refractivity contribution in [1.82, 2.24) is 14.9 Å². The van der Waals surface area contributed by atoms with Gasteiger partial charge in [-0.3, -0.25) is 0 Å². The molecule has 1 atom stereocenters. The lowest BCUT2D eigenvalue weighted by molar-refractivity contribution is 0.0944. The summed E-state index contributed by atoms with van der Waals surface area (Å²) in [6.45, 7) is 1.80. The fourth-order valence-electron chi connectivity index (χ4n) is 0.960. The SMILES string of the molecule is OCC(O)CNCCn1ccnc1. The Hall–Kier alpha value is -0.910. The van der Waals surface area contributed by atoms with Crippen LogP contribution in [0.5, 0.6) is 0 Å². The molecule has 5 heteroatoms. The van der Waals surface area contributed by atoms with Gasteiger partial charge in [-0.25, -0.2) is 4.98 Å². The summed E-state index contributed by atoms with van der Waals surface area (Å²) in [7, 11) is 0. The van der Waals surface area contributed by atoms with Crippen molar-refractivity contribution in [3.8, 4) is 0 Å². The molecule has 5 nitrogen and oxygen atoms in total. The summed E-state index contributed by atoms with van der Waals surface area (Å²) in [5, 5.41) is 20.5.